The number of rotatable bonds is 7. The Balaban J connectivity index is 1.52. The van der Waals surface area contributed by atoms with Crippen LogP contribution < -0.4 is 9.47 Å². The predicted molar refractivity (Wildman–Crippen MR) is 103 cm³/mol. The first-order chi connectivity index (χ1) is 13.0. The predicted octanol–water partition coefficient (Wildman–Crippen LogP) is 3.47. The molecule has 2 aromatic rings. The SMILES string of the molecule is O=S(=O)(c1ccc(OCCOc2cccc(Cl)c2Cl)cc1)N1CCOCC1. The third-order valence-corrected chi connectivity index (χ3v) is 6.67. The largest absolute Gasteiger partial charge is 0.490 e. The molecule has 0 amide bonds. The molecule has 0 atom stereocenters. The molecule has 0 bridgehead atoms. The van der Waals surface area contributed by atoms with Gasteiger partial charge in [-0.3, -0.25) is 0 Å². The van der Waals surface area contributed by atoms with Crippen molar-refractivity contribution in [3.8, 4) is 11.5 Å². The average Bonchev–Trinajstić information content (AvgIpc) is 2.69. The van der Waals surface area contributed by atoms with Crippen molar-refractivity contribution in [3.63, 3.8) is 0 Å². The van der Waals surface area contributed by atoms with E-state index in [1.165, 1.54) is 16.4 Å². The van der Waals surface area contributed by atoms with E-state index in [1.54, 1.807) is 30.3 Å². The fraction of sp³-hybridized carbons (Fsp3) is 0.333. The number of halogens is 2. The van der Waals surface area contributed by atoms with E-state index in [-0.39, 0.29) is 18.1 Å². The molecule has 0 N–H and O–H groups in total. The Labute approximate surface area is 168 Å². The Bertz CT molecular complexity index is 868. The summed E-state index contributed by atoms with van der Waals surface area (Å²) in [5, 5.41) is 0.781. The van der Waals surface area contributed by atoms with Crippen LogP contribution >= 0.6 is 23.2 Å². The monoisotopic (exact) mass is 431 g/mol. The summed E-state index contributed by atoms with van der Waals surface area (Å²) in [6.45, 7) is 2.11. The van der Waals surface area contributed by atoms with Crippen molar-refractivity contribution in [2.24, 2.45) is 0 Å². The van der Waals surface area contributed by atoms with Crippen molar-refractivity contribution in [3.05, 3.63) is 52.5 Å². The number of hydrogen-bond donors (Lipinski definition) is 0. The van der Waals surface area contributed by atoms with Crippen molar-refractivity contribution in [2.45, 2.75) is 4.90 Å². The van der Waals surface area contributed by atoms with Gasteiger partial charge in [-0.1, -0.05) is 29.3 Å². The summed E-state index contributed by atoms with van der Waals surface area (Å²) in [6.07, 6.45) is 0. The number of hydrogen-bond acceptors (Lipinski definition) is 5. The summed E-state index contributed by atoms with van der Waals surface area (Å²) >= 11 is 12.0. The fourth-order valence-electron chi connectivity index (χ4n) is 2.55. The molecule has 0 aliphatic carbocycles. The molecule has 9 heteroatoms. The molecular formula is C18H19Cl2NO5S. The van der Waals surface area contributed by atoms with Crippen LogP contribution in [0, 0.1) is 0 Å². The molecule has 27 heavy (non-hydrogen) atoms. The summed E-state index contributed by atoms with van der Waals surface area (Å²) in [5.41, 5.74) is 0. The molecule has 1 saturated heterocycles. The van der Waals surface area contributed by atoms with E-state index >= 15 is 0 Å². The number of ether oxygens (including phenoxy) is 3. The van der Waals surface area contributed by atoms with Crippen LogP contribution in [0.1, 0.15) is 0 Å². The molecule has 146 valence electrons. The van der Waals surface area contributed by atoms with Gasteiger partial charge in [0.25, 0.3) is 0 Å². The number of nitrogens with zero attached hydrogens (tertiary/aromatic N) is 1. The van der Waals surface area contributed by atoms with Crippen molar-refractivity contribution >= 4 is 33.2 Å². The molecule has 3 rings (SSSR count). The van der Waals surface area contributed by atoms with Crippen molar-refractivity contribution < 1.29 is 22.6 Å². The Kier molecular flexibility index (Phi) is 6.83. The summed E-state index contributed by atoms with van der Waals surface area (Å²) < 4.78 is 42.9. The van der Waals surface area contributed by atoms with E-state index in [4.69, 9.17) is 37.4 Å². The van der Waals surface area contributed by atoms with Gasteiger partial charge >= 0.3 is 0 Å². The zero-order chi connectivity index (χ0) is 19.3. The van der Waals surface area contributed by atoms with E-state index < -0.39 is 10.0 Å². The van der Waals surface area contributed by atoms with Crippen molar-refractivity contribution in [1.29, 1.82) is 0 Å². The summed E-state index contributed by atoms with van der Waals surface area (Å²) in [6, 6.07) is 11.5. The van der Waals surface area contributed by atoms with E-state index in [0.717, 1.165) is 0 Å². The minimum atomic E-state index is -3.50. The standard InChI is InChI=1S/C18H19Cl2NO5S/c19-16-2-1-3-17(18(16)20)26-13-12-25-14-4-6-15(7-5-14)27(22,23)21-8-10-24-11-9-21/h1-7H,8-13H2. The highest BCUT2D eigenvalue weighted by Crippen LogP contribution is 2.31. The van der Waals surface area contributed by atoms with Gasteiger partial charge in [-0.15, -0.1) is 0 Å². The second-order valence-electron chi connectivity index (χ2n) is 5.74. The van der Waals surface area contributed by atoms with Crippen LogP contribution in [0.2, 0.25) is 10.0 Å². The highest BCUT2D eigenvalue weighted by molar-refractivity contribution is 7.89. The zero-order valence-corrected chi connectivity index (χ0v) is 16.8. The summed E-state index contributed by atoms with van der Waals surface area (Å²) in [4.78, 5) is 0.235. The Morgan fingerprint density at radius 2 is 1.63 bits per heavy atom. The topological polar surface area (TPSA) is 65.1 Å². The van der Waals surface area contributed by atoms with Gasteiger partial charge in [0.2, 0.25) is 10.0 Å². The molecule has 2 aromatic carbocycles. The number of sulfonamides is 1. The molecule has 1 aliphatic rings. The summed E-state index contributed by atoms with van der Waals surface area (Å²) in [7, 11) is -3.50. The smallest absolute Gasteiger partial charge is 0.243 e. The molecule has 0 aromatic heterocycles. The van der Waals surface area contributed by atoms with Crippen LogP contribution in [0.4, 0.5) is 0 Å². The third-order valence-electron chi connectivity index (χ3n) is 3.96. The van der Waals surface area contributed by atoms with Gasteiger partial charge in [0.05, 0.1) is 23.1 Å². The highest BCUT2D eigenvalue weighted by atomic mass is 35.5. The molecule has 0 unspecified atom stereocenters. The molecular weight excluding hydrogens is 413 g/mol. The van der Waals surface area contributed by atoms with Crippen LogP contribution in [0.5, 0.6) is 11.5 Å². The van der Waals surface area contributed by atoms with Gasteiger partial charge in [-0.25, -0.2) is 8.42 Å². The van der Waals surface area contributed by atoms with Gasteiger partial charge in [-0.2, -0.15) is 4.31 Å². The maximum atomic E-state index is 12.6. The molecule has 1 fully saturated rings. The summed E-state index contributed by atoms with van der Waals surface area (Å²) in [5.74, 6) is 1.04. The first-order valence-electron chi connectivity index (χ1n) is 8.36. The second kappa shape index (κ2) is 9.12. The molecule has 0 radical (unpaired) electrons. The van der Waals surface area contributed by atoms with E-state index in [2.05, 4.69) is 0 Å². The lowest BCUT2D eigenvalue weighted by Crippen LogP contribution is -2.40. The van der Waals surface area contributed by atoms with Gasteiger partial charge in [-0.05, 0) is 36.4 Å². The quantitative estimate of drug-likeness (QED) is 0.627. The Hall–Kier alpha value is -1.51. The molecule has 1 aliphatic heterocycles. The molecule has 0 saturated carbocycles. The Morgan fingerprint density at radius 3 is 2.33 bits per heavy atom. The van der Waals surface area contributed by atoms with E-state index in [1.807, 2.05) is 0 Å². The zero-order valence-electron chi connectivity index (χ0n) is 14.4. The second-order valence-corrected chi connectivity index (χ2v) is 8.46. The first-order valence-corrected chi connectivity index (χ1v) is 10.6. The normalized spacial score (nSPS) is 15.5. The highest BCUT2D eigenvalue weighted by Gasteiger charge is 2.26. The number of benzene rings is 2. The lowest BCUT2D eigenvalue weighted by atomic mass is 10.3. The average molecular weight is 432 g/mol. The molecule has 1 heterocycles. The molecule has 0 spiro atoms. The number of morpholine rings is 1. The minimum Gasteiger partial charge on any atom is -0.490 e. The van der Waals surface area contributed by atoms with Crippen molar-refractivity contribution in [2.75, 3.05) is 39.5 Å². The van der Waals surface area contributed by atoms with Gasteiger partial charge in [0.1, 0.15) is 29.7 Å². The van der Waals surface area contributed by atoms with Crippen LogP contribution in [0.15, 0.2) is 47.4 Å². The molecule has 6 nitrogen and oxygen atoms in total. The van der Waals surface area contributed by atoms with Gasteiger partial charge < -0.3 is 14.2 Å². The lowest BCUT2D eigenvalue weighted by molar-refractivity contribution is 0.0730. The first kappa shape index (κ1) is 20.2. The van der Waals surface area contributed by atoms with E-state index in [9.17, 15) is 8.42 Å². The van der Waals surface area contributed by atoms with Crippen LogP contribution in [-0.4, -0.2) is 52.2 Å². The van der Waals surface area contributed by atoms with Crippen LogP contribution in [0.3, 0.4) is 0 Å². The minimum absolute atomic E-state index is 0.235. The lowest BCUT2D eigenvalue weighted by Gasteiger charge is -2.26. The Morgan fingerprint density at radius 1 is 0.963 bits per heavy atom. The fourth-order valence-corrected chi connectivity index (χ4v) is 4.30. The maximum absolute atomic E-state index is 12.6. The van der Waals surface area contributed by atoms with Crippen LogP contribution in [0.25, 0.3) is 0 Å². The van der Waals surface area contributed by atoms with Crippen LogP contribution in [-0.2, 0) is 14.8 Å². The third kappa shape index (κ3) is 5.06. The van der Waals surface area contributed by atoms with Crippen molar-refractivity contribution in [1.82, 2.24) is 4.31 Å². The van der Waals surface area contributed by atoms with Gasteiger partial charge in [0.15, 0.2) is 0 Å². The maximum Gasteiger partial charge on any atom is 0.243 e. The van der Waals surface area contributed by atoms with E-state index in [0.29, 0.717) is 47.8 Å². The van der Waals surface area contributed by atoms with Gasteiger partial charge in [0, 0.05) is 13.1 Å².